The molecule has 0 unspecified atom stereocenters. The molecule has 0 amide bonds. The minimum absolute atomic E-state index is 0.0724. The van der Waals surface area contributed by atoms with E-state index in [0.717, 1.165) is 28.6 Å². The van der Waals surface area contributed by atoms with Crippen LogP contribution in [0.5, 0.6) is 0 Å². The number of aryl methyl sites for hydroxylation is 1. The molecule has 0 aliphatic rings. The standard InChI is InChI=1S/C19H16F6N2/c1-11-8-14(18(20,21)22)17(15(9-11)19(23,24)25)26-7-6-12-10-27-16-5-3-2-4-13(12)16/h2-5,8-10,26-27H,6-7H2,1H3. The maximum Gasteiger partial charge on any atom is 0.418 e. The van der Waals surface area contributed by atoms with Gasteiger partial charge in [0, 0.05) is 23.6 Å². The molecule has 0 fully saturated rings. The van der Waals surface area contributed by atoms with E-state index in [9.17, 15) is 26.3 Å². The molecule has 8 heteroatoms. The van der Waals surface area contributed by atoms with Crippen LogP contribution in [0.2, 0.25) is 0 Å². The number of benzene rings is 2. The number of alkyl halides is 6. The number of hydrogen-bond acceptors (Lipinski definition) is 1. The van der Waals surface area contributed by atoms with E-state index in [1.165, 1.54) is 6.92 Å². The minimum atomic E-state index is -4.89. The number of fused-ring (bicyclic) bond motifs is 1. The van der Waals surface area contributed by atoms with Gasteiger partial charge in [-0.3, -0.25) is 0 Å². The molecule has 1 aromatic heterocycles. The predicted octanol–water partition coefficient (Wildman–Crippen LogP) is 6.17. The van der Waals surface area contributed by atoms with Gasteiger partial charge >= 0.3 is 12.4 Å². The van der Waals surface area contributed by atoms with Crippen LogP contribution in [0.4, 0.5) is 32.0 Å². The summed E-state index contributed by atoms with van der Waals surface area (Å²) in [6, 6.07) is 8.78. The molecule has 27 heavy (non-hydrogen) atoms. The largest absolute Gasteiger partial charge is 0.418 e. The highest BCUT2D eigenvalue weighted by atomic mass is 19.4. The lowest BCUT2D eigenvalue weighted by molar-refractivity contribution is -0.141. The number of halogens is 6. The summed E-state index contributed by atoms with van der Waals surface area (Å²) in [6.45, 7) is 1.14. The van der Waals surface area contributed by atoms with E-state index in [1.807, 2.05) is 24.3 Å². The lowest BCUT2D eigenvalue weighted by Gasteiger charge is -2.21. The van der Waals surface area contributed by atoms with Crippen molar-refractivity contribution < 1.29 is 26.3 Å². The topological polar surface area (TPSA) is 27.8 Å². The van der Waals surface area contributed by atoms with Crippen molar-refractivity contribution in [1.29, 1.82) is 0 Å². The molecular formula is C19H16F6N2. The van der Waals surface area contributed by atoms with Crippen molar-refractivity contribution in [3.8, 4) is 0 Å². The van der Waals surface area contributed by atoms with Crippen molar-refractivity contribution in [2.24, 2.45) is 0 Å². The second kappa shape index (κ2) is 6.83. The van der Waals surface area contributed by atoms with Gasteiger partial charge in [-0.25, -0.2) is 0 Å². The average Bonchev–Trinajstić information content (AvgIpc) is 2.97. The Bertz CT molecular complexity index is 918. The zero-order valence-corrected chi connectivity index (χ0v) is 14.2. The normalized spacial score (nSPS) is 12.6. The van der Waals surface area contributed by atoms with Gasteiger partial charge in [-0.15, -0.1) is 0 Å². The molecule has 0 spiro atoms. The molecule has 3 aromatic rings. The van der Waals surface area contributed by atoms with Crippen molar-refractivity contribution in [3.05, 3.63) is 64.8 Å². The van der Waals surface area contributed by atoms with Crippen LogP contribution in [-0.2, 0) is 18.8 Å². The highest BCUT2D eigenvalue weighted by Crippen LogP contribution is 2.43. The van der Waals surface area contributed by atoms with Gasteiger partial charge in [0.05, 0.1) is 16.8 Å². The fraction of sp³-hybridized carbons (Fsp3) is 0.263. The molecule has 1 heterocycles. The first-order valence-corrected chi connectivity index (χ1v) is 8.15. The van der Waals surface area contributed by atoms with Crippen LogP contribution in [0.3, 0.4) is 0 Å². The molecule has 144 valence electrons. The van der Waals surface area contributed by atoms with Gasteiger partial charge in [0.25, 0.3) is 0 Å². The Morgan fingerprint density at radius 3 is 2.11 bits per heavy atom. The Morgan fingerprint density at radius 1 is 0.926 bits per heavy atom. The number of H-pyrrole nitrogens is 1. The molecule has 2 aromatic carbocycles. The molecule has 0 atom stereocenters. The molecule has 0 radical (unpaired) electrons. The van der Waals surface area contributed by atoms with Gasteiger partial charge < -0.3 is 10.3 Å². The Labute approximate surface area is 151 Å². The van der Waals surface area contributed by atoms with Crippen LogP contribution in [0, 0.1) is 6.92 Å². The number of para-hydroxylation sites is 1. The van der Waals surface area contributed by atoms with Crippen molar-refractivity contribution in [1.82, 2.24) is 4.98 Å². The summed E-state index contributed by atoms with van der Waals surface area (Å²) in [4.78, 5) is 3.03. The van der Waals surface area contributed by atoms with E-state index < -0.39 is 29.2 Å². The van der Waals surface area contributed by atoms with Crippen LogP contribution in [0.15, 0.2) is 42.6 Å². The van der Waals surface area contributed by atoms with E-state index in [-0.39, 0.29) is 18.5 Å². The summed E-state index contributed by atoms with van der Waals surface area (Å²) in [5, 5.41) is 3.26. The third-order valence-corrected chi connectivity index (χ3v) is 4.26. The number of aromatic nitrogens is 1. The van der Waals surface area contributed by atoms with E-state index in [4.69, 9.17) is 0 Å². The molecule has 0 aliphatic heterocycles. The number of aromatic amines is 1. The monoisotopic (exact) mass is 386 g/mol. The van der Waals surface area contributed by atoms with E-state index >= 15 is 0 Å². The molecule has 0 aliphatic carbocycles. The summed E-state index contributed by atoms with van der Waals surface area (Å²) in [5.41, 5.74) is -1.98. The second-order valence-electron chi connectivity index (χ2n) is 6.27. The maximum atomic E-state index is 13.3. The Balaban J connectivity index is 1.91. The quantitative estimate of drug-likeness (QED) is 0.516. The molecule has 2 N–H and O–H groups in total. The maximum absolute atomic E-state index is 13.3. The van der Waals surface area contributed by atoms with Crippen molar-refractivity contribution >= 4 is 16.6 Å². The summed E-state index contributed by atoms with van der Waals surface area (Å²) >= 11 is 0. The van der Waals surface area contributed by atoms with E-state index in [2.05, 4.69) is 10.3 Å². The fourth-order valence-electron chi connectivity index (χ4n) is 3.08. The van der Waals surface area contributed by atoms with Crippen LogP contribution in [-0.4, -0.2) is 11.5 Å². The Kier molecular flexibility index (Phi) is 4.84. The van der Waals surface area contributed by atoms with Crippen LogP contribution >= 0.6 is 0 Å². The lowest BCUT2D eigenvalue weighted by Crippen LogP contribution is -2.19. The molecule has 3 rings (SSSR count). The summed E-state index contributed by atoms with van der Waals surface area (Å²) in [5.74, 6) is 0. The van der Waals surface area contributed by atoms with Gasteiger partial charge in [0.1, 0.15) is 0 Å². The van der Waals surface area contributed by atoms with Crippen LogP contribution in [0.1, 0.15) is 22.3 Å². The third kappa shape index (κ3) is 4.04. The first kappa shape index (κ1) is 19.1. The van der Waals surface area contributed by atoms with Gasteiger partial charge in [0.15, 0.2) is 0 Å². The molecular weight excluding hydrogens is 370 g/mol. The number of anilines is 1. The molecule has 2 nitrogen and oxygen atoms in total. The first-order valence-electron chi connectivity index (χ1n) is 8.15. The van der Waals surface area contributed by atoms with Gasteiger partial charge in [-0.2, -0.15) is 26.3 Å². The lowest BCUT2D eigenvalue weighted by atomic mass is 10.0. The zero-order valence-electron chi connectivity index (χ0n) is 14.2. The summed E-state index contributed by atoms with van der Waals surface area (Å²) < 4.78 is 79.8. The summed E-state index contributed by atoms with van der Waals surface area (Å²) in [7, 11) is 0. The first-order chi connectivity index (χ1) is 12.6. The SMILES string of the molecule is Cc1cc(C(F)(F)F)c(NCCc2c[nH]c3ccccc23)c(C(F)(F)F)c1. The molecule has 0 saturated carbocycles. The van der Waals surface area contributed by atoms with Crippen molar-refractivity contribution in [2.45, 2.75) is 25.7 Å². The number of nitrogens with one attached hydrogen (secondary N) is 2. The van der Waals surface area contributed by atoms with Crippen LogP contribution < -0.4 is 5.32 Å². The fourth-order valence-corrected chi connectivity index (χ4v) is 3.08. The van der Waals surface area contributed by atoms with E-state index in [1.54, 1.807) is 6.20 Å². The second-order valence-corrected chi connectivity index (χ2v) is 6.27. The molecule has 0 saturated heterocycles. The van der Waals surface area contributed by atoms with Gasteiger partial charge in [0.2, 0.25) is 0 Å². The molecule has 0 bridgehead atoms. The van der Waals surface area contributed by atoms with Gasteiger partial charge in [-0.05, 0) is 42.7 Å². The minimum Gasteiger partial charge on any atom is -0.384 e. The van der Waals surface area contributed by atoms with Crippen molar-refractivity contribution in [3.63, 3.8) is 0 Å². The number of hydrogen-bond donors (Lipinski definition) is 2. The van der Waals surface area contributed by atoms with Gasteiger partial charge in [-0.1, -0.05) is 18.2 Å². The smallest absolute Gasteiger partial charge is 0.384 e. The average molecular weight is 386 g/mol. The van der Waals surface area contributed by atoms with Crippen molar-refractivity contribution in [2.75, 3.05) is 11.9 Å². The van der Waals surface area contributed by atoms with E-state index in [0.29, 0.717) is 0 Å². The third-order valence-electron chi connectivity index (χ3n) is 4.26. The summed E-state index contributed by atoms with van der Waals surface area (Å²) in [6.07, 6.45) is -7.81. The zero-order chi connectivity index (χ0) is 19.8. The highest BCUT2D eigenvalue weighted by Gasteiger charge is 2.41. The Hall–Kier alpha value is -2.64. The Morgan fingerprint density at radius 2 is 1.52 bits per heavy atom. The highest BCUT2D eigenvalue weighted by molar-refractivity contribution is 5.83. The predicted molar refractivity (Wildman–Crippen MR) is 91.7 cm³/mol. The number of rotatable bonds is 4. The van der Waals surface area contributed by atoms with Crippen LogP contribution in [0.25, 0.3) is 10.9 Å².